The summed E-state index contributed by atoms with van der Waals surface area (Å²) in [5, 5.41) is 5.95. The molecule has 1 aliphatic heterocycles. The van der Waals surface area contributed by atoms with Crippen LogP contribution in [0.25, 0.3) is 6.08 Å². The molecular formula is C36H28Cl4N4O5S. The van der Waals surface area contributed by atoms with Gasteiger partial charge in [0.2, 0.25) is 5.91 Å². The Balaban J connectivity index is 1.30. The molecule has 14 heteroatoms. The van der Waals surface area contributed by atoms with Crippen molar-refractivity contribution in [2.75, 3.05) is 15.5 Å². The van der Waals surface area contributed by atoms with E-state index in [-0.39, 0.29) is 37.9 Å². The summed E-state index contributed by atoms with van der Waals surface area (Å²) in [5.41, 5.74) is 3.12. The average molecular weight is 771 g/mol. The van der Waals surface area contributed by atoms with Crippen LogP contribution in [0.15, 0.2) is 95.6 Å². The molecule has 5 rings (SSSR count). The maximum absolute atomic E-state index is 13.7. The second-order valence-electron chi connectivity index (χ2n) is 11.0. The molecule has 3 amide bonds. The number of nitrogens with one attached hydrogen (secondary N) is 2. The number of hydrogen-bond acceptors (Lipinski definition) is 7. The van der Waals surface area contributed by atoms with Crippen LogP contribution in [0.3, 0.4) is 0 Å². The van der Waals surface area contributed by atoms with Crippen molar-refractivity contribution in [3.8, 4) is 0 Å². The number of amidine groups is 1. The van der Waals surface area contributed by atoms with Crippen LogP contribution in [-0.4, -0.2) is 40.2 Å². The summed E-state index contributed by atoms with van der Waals surface area (Å²) in [6.45, 7) is 5.06. The lowest BCUT2D eigenvalue weighted by Gasteiger charge is -2.20. The smallest absolute Gasteiger partial charge is 0.338 e. The number of amides is 3. The zero-order valence-corrected chi connectivity index (χ0v) is 30.5. The van der Waals surface area contributed by atoms with Crippen molar-refractivity contribution in [1.29, 1.82) is 0 Å². The van der Waals surface area contributed by atoms with Gasteiger partial charge in [0, 0.05) is 0 Å². The van der Waals surface area contributed by atoms with Gasteiger partial charge in [-0.15, -0.1) is 0 Å². The molecular weight excluding hydrogens is 742 g/mol. The maximum Gasteiger partial charge on any atom is 0.338 e. The summed E-state index contributed by atoms with van der Waals surface area (Å²) in [6.07, 6.45) is 0.438. The maximum atomic E-state index is 13.7. The summed E-state index contributed by atoms with van der Waals surface area (Å²) in [5.74, 6) is -2.08. The minimum Gasteiger partial charge on any atom is -0.449 e. The van der Waals surface area contributed by atoms with Gasteiger partial charge in [-0.3, -0.25) is 19.3 Å². The van der Waals surface area contributed by atoms with Crippen LogP contribution in [0, 0.1) is 6.92 Å². The number of aryl methyl sites for hydroxylation is 1. The van der Waals surface area contributed by atoms with E-state index in [1.165, 1.54) is 24.0 Å². The number of ether oxygens (including phenoxy) is 1. The van der Waals surface area contributed by atoms with Gasteiger partial charge in [-0.2, -0.15) is 0 Å². The molecule has 0 saturated heterocycles. The van der Waals surface area contributed by atoms with Crippen LogP contribution >= 0.6 is 58.2 Å². The number of carbonyl (C=O) groups excluding carboxylic acids is 4. The van der Waals surface area contributed by atoms with E-state index in [1.807, 2.05) is 19.1 Å². The molecule has 0 fully saturated rings. The van der Waals surface area contributed by atoms with Crippen molar-refractivity contribution in [2.24, 2.45) is 4.99 Å². The van der Waals surface area contributed by atoms with Gasteiger partial charge < -0.3 is 15.4 Å². The van der Waals surface area contributed by atoms with Crippen LogP contribution in [0.1, 0.15) is 35.3 Å². The number of nitrogens with zero attached hydrogens (tertiary/aromatic N) is 2. The molecule has 4 aromatic carbocycles. The van der Waals surface area contributed by atoms with Crippen LogP contribution in [0.4, 0.5) is 17.1 Å². The molecule has 4 aromatic rings. The van der Waals surface area contributed by atoms with Crippen LogP contribution in [0.2, 0.25) is 20.1 Å². The van der Waals surface area contributed by atoms with Gasteiger partial charge in [0.25, 0.3) is 11.8 Å². The molecule has 2 N–H and O–H groups in total. The lowest BCUT2D eigenvalue weighted by Crippen LogP contribution is -2.33. The van der Waals surface area contributed by atoms with Crippen molar-refractivity contribution in [3.63, 3.8) is 0 Å². The molecule has 2 atom stereocenters. The zero-order chi connectivity index (χ0) is 36.1. The Kier molecular flexibility index (Phi) is 11.9. The van der Waals surface area contributed by atoms with E-state index < -0.39 is 29.1 Å². The number of hydrogen-bond donors (Lipinski definition) is 2. The number of carbonyl (C=O) groups is 4. The first-order chi connectivity index (χ1) is 23.8. The Morgan fingerprint density at radius 2 is 1.36 bits per heavy atom. The summed E-state index contributed by atoms with van der Waals surface area (Å²) >= 11 is 25.6. The topological polar surface area (TPSA) is 117 Å². The van der Waals surface area contributed by atoms with Crippen molar-refractivity contribution < 1.29 is 23.9 Å². The van der Waals surface area contributed by atoms with Crippen molar-refractivity contribution in [1.82, 2.24) is 0 Å². The molecule has 0 aliphatic carbocycles. The largest absolute Gasteiger partial charge is 0.449 e. The third-order valence-corrected chi connectivity index (χ3v) is 9.99. The quantitative estimate of drug-likeness (QED) is 0.130. The Morgan fingerprint density at radius 3 is 1.94 bits per heavy atom. The van der Waals surface area contributed by atoms with Crippen LogP contribution in [-0.2, 0) is 19.1 Å². The van der Waals surface area contributed by atoms with E-state index >= 15 is 0 Å². The van der Waals surface area contributed by atoms with E-state index in [1.54, 1.807) is 73.7 Å². The Morgan fingerprint density at radius 1 is 0.800 bits per heavy atom. The molecule has 9 nitrogen and oxygen atoms in total. The predicted octanol–water partition coefficient (Wildman–Crippen LogP) is 9.30. The SMILES string of the molecule is Cc1ccc(N2C(=O)/C(=C\c3ccc(C(=O)O[C@H](C)C(=O)Nc4cccc(Cl)c4Cl)cc3)N=C2S[C@H](C)C(=O)Nc2cccc(Cl)c2Cl)cc1. The monoisotopic (exact) mass is 768 g/mol. The highest BCUT2D eigenvalue weighted by atomic mass is 35.5. The standard InChI is InChI=1S/C36H28Cl4N4O5S/c1-19-10-16-24(17-11-19)44-34(47)29(43-36(44)50-21(3)33(46)42-28-9-5-7-26(38)31(28)40)18-22-12-14-23(15-13-22)35(48)49-20(2)32(45)41-27-8-4-6-25(37)30(27)39/h4-18,20-21H,1-3H3,(H,41,45)(H,42,46)/b29-18+/t20-,21-/m1/s1. The number of benzene rings is 4. The fourth-order valence-electron chi connectivity index (χ4n) is 4.53. The molecule has 50 heavy (non-hydrogen) atoms. The first-order valence-electron chi connectivity index (χ1n) is 15.0. The molecule has 0 unspecified atom stereocenters. The zero-order valence-electron chi connectivity index (χ0n) is 26.7. The average Bonchev–Trinajstić information content (AvgIpc) is 3.39. The molecule has 0 spiro atoms. The highest BCUT2D eigenvalue weighted by molar-refractivity contribution is 8.15. The van der Waals surface area contributed by atoms with E-state index in [0.29, 0.717) is 27.1 Å². The van der Waals surface area contributed by atoms with Gasteiger partial charge in [-0.25, -0.2) is 9.79 Å². The van der Waals surface area contributed by atoms with Gasteiger partial charge in [-0.1, -0.05) is 100 Å². The molecule has 0 bridgehead atoms. The fourth-order valence-corrected chi connectivity index (χ4v) is 6.16. The number of anilines is 3. The number of aliphatic imine (C=N–C) groups is 1. The van der Waals surface area contributed by atoms with Crippen molar-refractivity contribution in [2.45, 2.75) is 32.1 Å². The molecule has 1 heterocycles. The minimum atomic E-state index is -1.14. The fraction of sp³-hybridized carbons (Fsp3) is 0.139. The number of rotatable bonds is 9. The third kappa shape index (κ3) is 8.69. The summed E-state index contributed by atoms with van der Waals surface area (Å²) in [6, 6.07) is 23.3. The van der Waals surface area contributed by atoms with Crippen LogP contribution in [0.5, 0.6) is 0 Å². The second-order valence-corrected chi connectivity index (χ2v) is 13.9. The van der Waals surface area contributed by atoms with Gasteiger partial charge in [0.15, 0.2) is 11.3 Å². The first-order valence-corrected chi connectivity index (χ1v) is 17.4. The lowest BCUT2D eigenvalue weighted by atomic mass is 10.1. The molecule has 0 radical (unpaired) electrons. The van der Waals surface area contributed by atoms with Gasteiger partial charge in [0.05, 0.1) is 48.0 Å². The highest BCUT2D eigenvalue weighted by Gasteiger charge is 2.34. The normalized spacial score (nSPS) is 14.6. The van der Waals surface area contributed by atoms with E-state index in [0.717, 1.165) is 17.3 Å². The van der Waals surface area contributed by atoms with Gasteiger partial charge in [0.1, 0.15) is 5.70 Å². The van der Waals surface area contributed by atoms with Gasteiger partial charge >= 0.3 is 5.97 Å². The number of halogens is 4. The third-order valence-electron chi connectivity index (χ3n) is 7.29. The first kappa shape index (κ1) is 36.9. The summed E-state index contributed by atoms with van der Waals surface area (Å²) in [4.78, 5) is 58.4. The van der Waals surface area contributed by atoms with E-state index in [9.17, 15) is 19.2 Å². The summed E-state index contributed by atoms with van der Waals surface area (Å²) < 4.78 is 5.35. The Labute approximate surface area is 312 Å². The van der Waals surface area contributed by atoms with Crippen molar-refractivity contribution >= 4 is 110 Å². The number of esters is 1. The lowest BCUT2D eigenvalue weighted by molar-refractivity contribution is -0.123. The number of thioether (sulfide) groups is 1. The molecule has 0 aromatic heterocycles. The molecule has 0 saturated carbocycles. The van der Waals surface area contributed by atoms with E-state index in [2.05, 4.69) is 15.6 Å². The van der Waals surface area contributed by atoms with Crippen LogP contribution < -0.4 is 15.5 Å². The minimum absolute atomic E-state index is 0.124. The predicted molar refractivity (Wildman–Crippen MR) is 203 cm³/mol. The molecule has 256 valence electrons. The molecule has 1 aliphatic rings. The summed E-state index contributed by atoms with van der Waals surface area (Å²) in [7, 11) is 0. The highest BCUT2D eigenvalue weighted by Crippen LogP contribution is 2.34. The van der Waals surface area contributed by atoms with E-state index in [4.69, 9.17) is 51.1 Å². The van der Waals surface area contributed by atoms with Crippen molar-refractivity contribution in [3.05, 3.63) is 127 Å². The van der Waals surface area contributed by atoms with Gasteiger partial charge in [-0.05, 0) is 80.9 Å². The Hall–Kier alpha value is -4.32. The second kappa shape index (κ2) is 16.1. The Bertz CT molecular complexity index is 2040.